The maximum absolute atomic E-state index is 11.3. The highest BCUT2D eigenvalue weighted by molar-refractivity contribution is 7.89. The molecule has 1 rings (SSSR count). The average Bonchev–Trinajstić information content (AvgIpc) is 2.44. The van der Waals surface area contributed by atoms with E-state index < -0.39 is 10.0 Å². The molecule has 0 spiro atoms. The lowest BCUT2D eigenvalue weighted by Crippen LogP contribution is -2.25. The number of rotatable bonds is 10. The molecule has 1 aromatic carbocycles. The summed E-state index contributed by atoms with van der Waals surface area (Å²) in [4.78, 5) is 0.175. The molecule has 5 heteroatoms. The maximum atomic E-state index is 11.3. The van der Waals surface area contributed by atoms with Crippen LogP contribution in [0.1, 0.15) is 57.9 Å². The third-order valence-electron chi connectivity index (χ3n) is 3.62. The molecule has 0 heterocycles. The summed E-state index contributed by atoms with van der Waals surface area (Å²) in [6, 6.07) is 7.23. The van der Waals surface area contributed by atoms with Crippen LogP contribution < -0.4 is 10.5 Å². The van der Waals surface area contributed by atoms with Gasteiger partial charge in [0.25, 0.3) is 0 Å². The number of hydrogen-bond acceptors (Lipinski definition) is 3. The van der Waals surface area contributed by atoms with Gasteiger partial charge in [0, 0.05) is 12.6 Å². The van der Waals surface area contributed by atoms with Gasteiger partial charge in [0.15, 0.2) is 0 Å². The lowest BCUT2D eigenvalue weighted by atomic mass is 10.1. The van der Waals surface area contributed by atoms with Crippen LogP contribution >= 0.6 is 0 Å². The molecular formula is C16H28N2O2S. The molecule has 0 radical (unpaired) electrons. The largest absolute Gasteiger partial charge is 0.310 e. The van der Waals surface area contributed by atoms with Gasteiger partial charge < -0.3 is 5.32 Å². The van der Waals surface area contributed by atoms with Crippen molar-refractivity contribution in [1.29, 1.82) is 0 Å². The first-order chi connectivity index (χ1) is 9.93. The summed E-state index contributed by atoms with van der Waals surface area (Å²) in [5.74, 6) is 0. The van der Waals surface area contributed by atoms with Gasteiger partial charge in [-0.2, -0.15) is 0 Å². The molecular weight excluding hydrogens is 284 g/mol. The standard InChI is InChI=1S/C16H28N2O2S/c1-3-4-5-6-7-9-14(2)18-13-15-10-8-11-16(12-15)21(17,19)20/h8,10-12,14,18H,3-7,9,13H2,1-2H3,(H2,17,19,20). The lowest BCUT2D eigenvalue weighted by molar-refractivity contribution is 0.479. The molecule has 1 atom stereocenters. The van der Waals surface area contributed by atoms with E-state index in [1.165, 1.54) is 38.2 Å². The summed E-state index contributed by atoms with van der Waals surface area (Å²) in [6.07, 6.45) is 7.60. The Kier molecular flexibility index (Phi) is 7.93. The second-order valence-corrected chi connectivity index (χ2v) is 7.24. The number of benzene rings is 1. The zero-order valence-corrected chi connectivity index (χ0v) is 14.0. The van der Waals surface area contributed by atoms with Crippen LogP contribution in [0.3, 0.4) is 0 Å². The van der Waals surface area contributed by atoms with Gasteiger partial charge in [-0.3, -0.25) is 0 Å². The fourth-order valence-electron chi connectivity index (χ4n) is 2.28. The molecule has 0 saturated carbocycles. The van der Waals surface area contributed by atoms with Crippen LogP contribution in [0.2, 0.25) is 0 Å². The monoisotopic (exact) mass is 312 g/mol. The Hall–Kier alpha value is -0.910. The van der Waals surface area contributed by atoms with Crippen LogP contribution in [0.15, 0.2) is 29.2 Å². The van der Waals surface area contributed by atoms with E-state index >= 15 is 0 Å². The minimum absolute atomic E-state index is 0.175. The Bertz CT molecular complexity index is 515. The number of nitrogens with one attached hydrogen (secondary N) is 1. The highest BCUT2D eigenvalue weighted by Gasteiger charge is 2.08. The van der Waals surface area contributed by atoms with Gasteiger partial charge in [0.05, 0.1) is 4.90 Å². The topological polar surface area (TPSA) is 72.2 Å². The van der Waals surface area contributed by atoms with E-state index in [1.54, 1.807) is 12.1 Å². The molecule has 120 valence electrons. The number of primary sulfonamides is 1. The molecule has 0 bridgehead atoms. The van der Waals surface area contributed by atoms with Crippen molar-refractivity contribution in [2.75, 3.05) is 0 Å². The molecule has 0 aliphatic carbocycles. The molecule has 0 aromatic heterocycles. The lowest BCUT2D eigenvalue weighted by Gasteiger charge is -2.14. The van der Waals surface area contributed by atoms with Crippen LogP contribution in [-0.4, -0.2) is 14.5 Å². The number of unbranched alkanes of at least 4 members (excludes halogenated alkanes) is 4. The van der Waals surface area contributed by atoms with Crippen LogP contribution in [0.4, 0.5) is 0 Å². The minimum atomic E-state index is -3.61. The fraction of sp³-hybridized carbons (Fsp3) is 0.625. The predicted octanol–water partition coefficient (Wildman–Crippen LogP) is 3.17. The van der Waals surface area contributed by atoms with Crippen molar-refractivity contribution >= 4 is 10.0 Å². The molecule has 0 aliphatic rings. The van der Waals surface area contributed by atoms with Crippen LogP contribution in [0, 0.1) is 0 Å². The van der Waals surface area contributed by atoms with Crippen molar-refractivity contribution in [3.63, 3.8) is 0 Å². The number of nitrogens with two attached hydrogens (primary N) is 1. The van der Waals surface area contributed by atoms with Crippen LogP contribution in [-0.2, 0) is 16.6 Å². The summed E-state index contributed by atoms with van der Waals surface area (Å²) in [5.41, 5.74) is 0.944. The molecule has 1 unspecified atom stereocenters. The van der Waals surface area contributed by atoms with Crippen molar-refractivity contribution < 1.29 is 8.42 Å². The van der Waals surface area contributed by atoms with E-state index in [0.29, 0.717) is 12.6 Å². The molecule has 0 amide bonds. The highest BCUT2D eigenvalue weighted by atomic mass is 32.2. The van der Waals surface area contributed by atoms with Gasteiger partial charge in [0.2, 0.25) is 10.0 Å². The first-order valence-corrected chi connectivity index (χ1v) is 9.33. The molecule has 1 aromatic rings. The third-order valence-corrected chi connectivity index (χ3v) is 4.53. The van der Waals surface area contributed by atoms with Crippen molar-refractivity contribution in [3.05, 3.63) is 29.8 Å². The van der Waals surface area contributed by atoms with Gasteiger partial charge in [-0.1, -0.05) is 51.2 Å². The maximum Gasteiger partial charge on any atom is 0.238 e. The van der Waals surface area contributed by atoms with E-state index in [0.717, 1.165) is 12.0 Å². The van der Waals surface area contributed by atoms with E-state index in [1.807, 2.05) is 6.07 Å². The summed E-state index contributed by atoms with van der Waals surface area (Å²) in [5, 5.41) is 8.57. The van der Waals surface area contributed by atoms with Crippen molar-refractivity contribution in [2.24, 2.45) is 5.14 Å². The SMILES string of the molecule is CCCCCCCC(C)NCc1cccc(S(N)(=O)=O)c1. The second-order valence-electron chi connectivity index (χ2n) is 5.68. The molecule has 0 aliphatic heterocycles. The van der Waals surface area contributed by atoms with Crippen LogP contribution in [0.5, 0.6) is 0 Å². The van der Waals surface area contributed by atoms with Crippen molar-refractivity contribution in [2.45, 2.75) is 69.9 Å². The molecule has 0 fully saturated rings. The van der Waals surface area contributed by atoms with Gasteiger partial charge in [-0.05, 0) is 31.0 Å². The second kappa shape index (κ2) is 9.18. The summed E-state index contributed by atoms with van der Waals surface area (Å²) in [6.45, 7) is 5.06. The van der Waals surface area contributed by atoms with E-state index in [-0.39, 0.29) is 4.90 Å². The number of sulfonamides is 1. The fourth-order valence-corrected chi connectivity index (χ4v) is 2.86. The average molecular weight is 312 g/mol. The van der Waals surface area contributed by atoms with Gasteiger partial charge in [0.1, 0.15) is 0 Å². The first-order valence-electron chi connectivity index (χ1n) is 7.78. The zero-order chi connectivity index (χ0) is 15.7. The van der Waals surface area contributed by atoms with E-state index in [9.17, 15) is 8.42 Å². The van der Waals surface area contributed by atoms with Gasteiger partial charge >= 0.3 is 0 Å². The van der Waals surface area contributed by atoms with Crippen molar-refractivity contribution in [1.82, 2.24) is 5.32 Å². The Morgan fingerprint density at radius 3 is 2.57 bits per heavy atom. The quantitative estimate of drug-likeness (QED) is 0.652. The summed E-state index contributed by atoms with van der Waals surface area (Å²) in [7, 11) is -3.61. The van der Waals surface area contributed by atoms with E-state index in [4.69, 9.17) is 5.14 Å². The van der Waals surface area contributed by atoms with Crippen molar-refractivity contribution in [3.8, 4) is 0 Å². The smallest absolute Gasteiger partial charge is 0.238 e. The predicted molar refractivity (Wildman–Crippen MR) is 87.5 cm³/mol. The molecule has 4 nitrogen and oxygen atoms in total. The minimum Gasteiger partial charge on any atom is -0.310 e. The van der Waals surface area contributed by atoms with Gasteiger partial charge in [-0.15, -0.1) is 0 Å². The van der Waals surface area contributed by atoms with Crippen LogP contribution in [0.25, 0.3) is 0 Å². The first kappa shape index (κ1) is 18.1. The number of hydrogen-bond donors (Lipinski definition) is 2. The van der Waals surface area contributed by atoms with E-state index in [2.05, 4.69) is 19.2 Å². The summed E-state index contributed by atoms with van der Waals surface area (Å²) >= 11 is 0. The van der Waals surface area contributed by atoms with Gasteiger partial charge in [-0.25, -0.2) is 13.6 Å². The highest BCUT2D eigenvalue weighted by Crippen LogP contribution is 2.11. The normalized spacial score (nSPS) is 13.3. The molecule has 21 heavy (non-hydrogen) atoms. The Morgan fingerprint density at radius 1 is 1.19 bits per heavy atom. The molecule has 3 N–H and O–H groups in total. The Balaban J connectivity index is 2.34. The zero-order valence-electron chi connectivity index (χ0n) is 13.1. The Morgan fingerprint density at radius 2 is 1.90 bits per heavy atom. The molecule has 0 saturated heterocycles. The summed E-state index contributed by atoms with van der Waals surface area (Å²) < 4.78 is 22.6. The Labute approximate surface area is 129 Å². The third kappa shape index (κ3) is 7.60.